The molecule has 0 unspecified atom stereocenters. The Bertz CT molecular complexity index is 586. The van der Waals surface area contributed by atoms with Gasteiger partial charge in [0.05, 0.1) is 11.6 Å². The van der Waals surface area contributed by atoms with Gasteiger partial charge in [0, 0.05) is 22.3 Å². The van der Waals surface area contributed by atoms with Gasteiger partial charge in [-0.1, -0.05) is 11.6 Å². The average molecular weight is 279 g/mol. The van der Waals surface area contributed by atoms with E-state index < -0.39 is 5.41 Å². The van der Waals surface area contributed by atoms with Gasteiger partial charge in [0.25, 0.3) is 0 Å². The zero-order valence-electron chi connectivity index (χ0n) is 11.0. The van der Waals surface area contributed by atoms with E-state index in [-0.39, 0.29) is 5.97 Å². The van der Waals surface area contributed by atoms with Crippen molar-refractivity contribution in [3.05, 3.63) is 35.6 Å². The number of benzene rings is 1. The Kier molecular flexibility index (Phi) is 3.62. The molecule has 1 heterocycles. The van der Waals surface area contributed by atoms with Crippen molar-refractivity contribution in [1.82, 2.24) is 10.2 Å². The molecule has 0 fully saturated rings. The monoisotopic (exact) mass is 278 g/mol. The molecule has 4 nitrogen and oxygen atoms in total. The van der Waals surface area contributed by atoms with E-state index in [0.717, 1.165) is 11.1 Å². The molecule has 100 valence electrons. The summed E-state index contributed by atoms with van der Waals surface area (Å²) < 4.78 is 5.45. The Morgan fingerprint density at radius 2 is 2.11 bits per heavy atom. The Morgan fingerprint density at radius 3 is 2.68 bits per heavy atom. The van der Waals surface area contributed by atoms with Gasteiger partial charge in [0.2, 0.25) is 0 Å². The number of hydrogen-bond donors (Lipinski definition) is 1. The Balaban J connectivity index is 2.39. The lowest BCUT2D eigenvalue weighted by Gasteiger charge is -2.17. The van der Waals surface area contributed by atoms with Crippen molar-refractivity contribution in [2.24, 2.45) is 5.41 Å². The summed E-state index contributed by atoms with van der Waals surface area (Å²) in [5.41, 5.74) is 0.992. The third-order valence-corrected chi connectivity index (χ3v) is 2.80. The summed E-state index contributed by atoms with van der Waals surface area (Å²) in [4.78, 5) is 12.0. The van der Waals surface area contributed by atoms with Gasteiger partial charge in [0.1, 0.15) is 5.75 Å². The van der Waals surface area contributed by atoms with Crippen LogP contribution in [0.3, 0.4) is 0 Å². The zero-order chi connectivity index (χ0) is 14.0. The second-order valence-electron chi connectivity index (χ2n) is 5.27. The van der Waals surface area contributed by atoms with Crippen LogP contribution in [0.1, 0.15) is 20.8 Å². The number of ether oxygens (including phenoxy) is 1. The molecule has 1 aromatic heterocycles. The fourth-order valence-corrected chi connectivity index (χ4v) is 1.64. The minimum atomic E-state index is -0.562. The largest absolute Gasteiger partial charge is 0.425 e. The Morgan fingerprint density at radius 1 is 1.37 bits per heavy atom. The molecule has 0 aliphatic carbocycles. The van der Waals surface area contributed by atoms with E-state index in [2.05, 4.69) is 10.2 Å². The first-order chi connectivity index (χ1) is 8.88. The maximum absolute atomic E-state index is 12.0. The van der Waals surface area contributed by atoms with Gasteiger partial charge in [-0.25, -0.2) is 0 Å². The number of hydrogen-bond acceptors (Lipinski definition) is 3. The standard InChI is InChI=1S/C14H15ClN2O2/c1-14(2,3)13(18)19-12-5-4-10(15)6-11(12)9-7-16-17-8-9/h4-8H,1-3H3,(H,16,17). The number of rotatable bonds is 2. The minimum absolute atomic E-state index is 0.292. The summed E-state index contributed by atoms with van der Waals surface area (Å²) in [5, 5.41) is 7.19. The van der Waals surface area contributed by atoms with Gasteiger partial charge in [0.15, 0.2) is 0 Å². The number of aromatic nitrogens is 2. The average Bonchev–Trinajstić information content (AvgIpc) is 2.83. The summed E-state index contributed by atoms with van der Waals surface area (Å²) in [7, 11) is 0. The first-order valence-corrected chi connectivity index (χ1v) is 6.27. The van der Waals surface area contributed by atoms with E-state index in [0.29, 0.717) is 10.8 Å². The summed E-state index contributed by atoms with van der Waals surface area (Å²) in [6.07, 6.45) is 3.38. The number of halogens is 1. The highest BCUT2D eigenvalue weighted by molar-refractivity contribution is 6.31. The molecular weight excluding hydrogens is 264 g/mol. The van der Waals surface area contributed by atoms with E-state index in [9.17, 15) is 4.79 Å². The number of carbonyl (C=O) groups excluding carboxylic acids is 1. The third kappa shape index (κ3) is 3.15. The third-order valence-electron chi connectivity index (χ3n) is 2.57. The zero-order valence-corrected chi connectivity index (χ0v) is 11.8. The lowest BCUT2D eigenvalue weighted by molar-refractivity contribution is -0.142. The molecule has 1 aromatic carbocycles. The van der Waals surface area contributed by atoms with E-state index >= 15 is 0 Å². The molecule has 0 bridgehead atoms. The second kappa shape index (κ2) is 5.05. The van der Waals surface area contributed by atoms with E-state index in [1.165, 1.54) is 0 Å². The van der Waals surface area contributed by atoms with Crippen molar-refractivity contribution >= 4 is 17.6 Å². The molecule has 0 spiro atoms. The van der Waals surface area contributed by atoms with Crippen LogP contribution in [0.25, 0.3) is 11.1 Å². The van der Waals surface area contributed by atoms with Gasteiger partial charge in [-0.15, -0.1) is 0 Å². The number of aromatic amines is 1. The van der Waals surface area contributed by atoms with Crippen molar-refractivity contribution in [3.63, 3.8) is 0 Å². The molecule has 0 aliphatic heterocycles. The molecule has 19 heavy (non-hydrogen) atoms. The van der Waals surface area contributed by atoms with Crippen LogP contribution in [0, 0.1) is 5.41 Å². The van der Waals surface area contributed by atoms with E-state index in [1.807, 2.05) is 20.8 Å². The van der Waals surface area contributed by atoms with Crippen molar-refractivity contribution in [3.8, 4) is 16.9 Å². The first-order valence-electron chi connectivity index (χ1n) is 5.89. The molecular formula is C14H15ClN2O2. The van der Waals surface area contributed by atoms with E-state index in [1.54, 1.807) is 30.6 Å². The van der Waals surface area contributed by atoms with Crippen LogP contribution in [0.15, 0.2) is 30.6 Å². The maximum atomic E-state index is 12.0. The highest BCUT2D eigenvalue weighted by atomic mass is 35.5. The smallest absolute Gasteiger partial charge is 0.316 e. The number of nitrogens with zero attached hydrogens (tertiary/aromatic N) is 1. The van der Waals surface area contributed by atoms with Crippen LogP contribution in [0.5, 0.6) is 5.75 Å². The van der Waals surface area contributed by atoms with Gasteiger partial charge in [-0.3, -0.25) is 9.89 Å². The Labute approximate surface area is 116 Å². The minimum Gasteiger partial charge on any atom is -0.425 e. The first kappa shape index (κ1) is 13.6. The number of esters is 1. The van der Waals surface area contributed by atoms with Crippen LogP contribution in [0.2, 0.25) is 5.02 Å². The predicted molar refractivity (Wildman–Crippen MR) is 74.1 cm³/mol. The highest BCUT2D eigenvalue weighted by Gasteiger charge is 2.25. The molecule has 2 aromatic rings. The number of nitrogens with one attached hydrogen (secondary N) is 1. The molecule has 0 saturated carbocycles. The molecule has 5 heteroatoms. The molecule has 0 aliphatic rings. The van der Waals surface area contributed by atoms with Crippen LogP contribution >= 0.6 is 11.6 Å². The molecule has 2 rings (SSSR count). The summed E-state index contributed by atoms with van der Waals surface area (Å²) >= 11 is 5.99. The van der Waals surface area contributed by atoms with Crippen LogP contribution in [-0.4, -0.2) is 16.2 Å². The van der Waals surface area contributed by atoms with Crippen molar-refractivity contribution < 1.29 is 9.53 Å². The lowest BCUT2D eigenvalue weighted by atomic mass is 9.97. The van der Waals surface area contributed by atoms with Crippen molar-refractivity contribution in [1.29, 1.82) is 0 Å². The number of carbonyl (C=O) groups is 1. The second-order valence-corrected chi connectivity index (χ2v) is 5.70. The molecule has 1 N–H and O–H groups in total. The van der Waals surface area contributed by atoms with Crippen molar-refractivity contribution in [2.75, 3.05) is 0 Å². The van der Waals surface area contributed by atoms with Crippen LogP contribution < -0.4 is 4.74 Å². The fourth-order valence-electron chi connectivity index (χ4n) is 1.47. The number of H-pyrrole nitrogens is 1. The summed E-state index contributed by atoms with van der Waals surface area (Å²) in [6.45, 7) is 5.42. The van der Waals surface area contributed by atoms with Gasteiger partial charge in [-0.05, 0) is 39.0 Å². The fraction of sp³-hybridized carbons (Fsp3) is 0.286. The molecule has 0 saturated heterocycles. The van der Waals surface area contributed by atoms with Gasteiger partial charge < -0.3 is 4.74 Å². The van der Waals surface area contributed by atoms with Gasteiger partial charge >= 0.3 is 5.97 Å². The molecule has 0 atom stereocenters. The maximum Gasteiger partial charge on any atom is 0.316 e. The van der Waals surface area contributed by atoms with Crippen LogP contribution in [0.4, 0.5) is 0 Å². The summed E-state index contributed by atoms with van der Waals surface area (Å²) in [5.74, 6) is 0.185. The molecule has 0 amide bonds. The SMILES string of the molecule is CC(C)(C)C(=O)Oc1ccc(Cl)cc1-c1cn[nH]c1. The topological polar surface area (TPSA) is 55.0 Å². The highest BCUT2D eigenvalue weighted by Crippen LogP contribution is 2.33. The normalized spacial score (nSPS) is 11.4. The molecule has 0 radical (unpaired) electrons. The lowest BCUT2D eigenvalue weighted by Crippen LogP contribution is -2.25. The summed E-state index contributed by atoms with van der Waals surface area (Å²) in [6, 6.07) is 5.13. The quantitative estimate of drug-likeness (QED) is 0.673. The van der Waals surface area contributed by atoms with Crippen LogP contribution in [-0.2, 0) is 4.79 Å². The van der Waals surface area contributed by atoms with E-state index in [4.69, 9.17) is 16.3 Å². The Hall–Kier alpha value is -1.81. The van der Waals surface area contributed by atoms with Gasteiger partial charge in [-0.2, -0.15) is 5.10 Å². The predicted octanol–water partition coefficient (Wildman–Crippen LogP) is 3.68. The van der Waals surface area contributed by atoms with Crippen molar-refractivity contribution in [2.45, 2.75) is 20.8 Å².